The van der Waals surface area contributed by atoms with Gasteiger partial charge in [-0.15, -0.1) is 11.6 Å². The first-order valence-corrected chi connectivity index (χ1v) is 7.61. The Bertz CT molecular complexity index is 515. The van der Waals surface area contributed by atoms with E-state index < -0.39 is 4.92 Å². The number of nitro groups is 1. The van der Waals surface area contributed by atoms with Crippen LogP contribution in [0.15, 0.2) is 22.7 Å². The van der Waals surface area contributed by atoms with Gasteiger partial charge in [0.15, 0.2) is 0 Å². The van der Waals surface area contributed by atoms with E-state index in [2.05, 4.69) is 15.9 Å². The summed E-state index contributed by atoms with van der Waals surface area (Å²) in [5.74, 6) is 0.415. The highest BCUT2D eigenvalue weighted by molar-refractivity contribution is 9.10. The van der Waals surface area contributed by atoms with Crippen molar-refractivity contribution in [2.24, 2.45) is 0 Å². The summed E-state index contributed by atoms with van der Waals surface area (Å²) in [4.78, 5) is 10.4. The molecule has 0 aliphatic heterocycles. The lowest BCUT2D eigenvalue weighted by atomic mass is 9.91. The number of alkyl halides is 1. The zero-order chi connectivity index (χ0) is 15.4. The van der Waals surface area contributed by atoms with Crippen LogP contribution in [0.4, 0.5) is 5.69 Å². The lowest BCUT2D eigenvalue weighted by Crippen LogP contribution is -2.53. The number of halogens is 2. The molecule has 1 aliphatic rings. The van der Waals surface area contributed by atoms with Crippen molar-refractivity contribution in [1.82, 2.24) is 0 Å². The normalized spacial score (nSPS) is 24.4. The van der Waals surface area contributed by atoms with Crippen molar-refractivity contribution >= 4 is 33.2 Å². The summed E-state index contributed by atoms with van der Waals surface area (Å²) in [5, 5.41) is 10.8. The Morgan fingerprint density at radius 1 is 1.48 bits per heavy atom. The van der Waals surface area contributed by atoms with E-state index in [9.17, 15) is 10.1 Å². The topological polar surface area (TPSA) is 70.8 Å². The second kappa shape index (κ2) is 7.40. The molecular weight excluding hydrogens is 366 g/mol. The van der Waals surface area contributed by atoms with E-state index in [1.165, 1.54) is 6.07 Å². The molecule has 0 radical (unpaired) electrons. The van der Waals surface area contributed by atoms with Gasteiger partial charge in [-0.3, -0.25) is 10.1 Å². The molecule has 116 valence electrons. The molecular formula is C13H15BrClNO5. The third kappa shape index (κ3) is 3.85. The number of rotatable bonds is 7. The van der Waals surface area contributed by atoms with Crippen LogP contribution in [0.1, 0.15) is 6.42 Å². The Balaban J connectivity index is 2.01. The lowest BCUT2D eigenvalue weighted by Gasteiger charge is -2.40. The van der Waals surface area contributed by atoms with E-state index in [4.69, 9.17) is 25.8 Å². The molecule has 3 unspecified atom stereocenters. The molecule has 1 saturated carbocycles. The van der Waals surface area contributed by atoms with Crippen LogP contribution >= 0.6 is 27.5 Å². The molecule has 0 amide bonds. The van der Waals surface area contributed by atoms with Crippen LogP contribution in [-0.2, 0) is 9.47 Å². The van der Waals surface area contributed by atoms with Gasteiger partial charge in [0.2, 0.25) is 0 Å². The SMILES string of the molecule is COCCOC1C(Cl)CC1Oc1cccc([N+](=O)[O-])c1Br. The van der Waals surface area contributed by atoms with Crippen molar-refractivity contribution in [3.63, 3.8) is 0 Å². The van der Waals surface area contributed by atoms with Crippen LogP contribution < -0.4 is 4.74 Å². The third-order valence-corrected chi connectivity index (χ3v) is 4.42. The van der Waals surface area contributed by atoms with E-state index >= 15 is 0 Å². The van der Waals surface area contributed by atoms with Gasteiger partial charge in [0.1, 0.15) is 22.4 Å². The Hall–Kier alpha value is -0.890. The molecule has 8 heteroatoms. The summed E-state index contributed by atoms with van der Waals surface area (Å²) < 4.78 is 16.6. The molecule has 1 fully saturated rings. The Kier molecular flexibility index (Phi) is 5.80. The predicted octanol–water partition coefficient (Wildman–Crippen LogP) is 3.15. The van der Waals surface area contributed by atoms with Crippen molar-refractivity contribution in [2.75, 3.05) is 20.3 Å². The highest BCUT2D eigenvalue weighted by Gasteiger charge is 2.43. The van der Waals surface area contributed by atoms with Crippen molar-refractivity contribution in [2.45, 2.75) is 24.0 Å². The number of benzene rings is 1. The van der Waals surface area contributed by atoms with Crippen molar-refractivity contribution in [1.29, 1.82) is 0 Å². The summed E-state index contributed by atoms with van der Waals surface area (Å²) in [7, 11) is 1.59. The van der Waals surface area contributed by atoms with E-state index in [1.54, 1.807) is 19.2 Å². The molecule has 1 aliphatic carbocycles. The number of nitro benzene ring substituents is 1. The first-order valence-electron chi connectivity index (χ1n) is 6.38. The number of hydrogen-bond donors (Lipinski definition) is 0. The molecule has 6 nitrogen and oxygen atoms in total. The predicted molar refractivity (Wildman–Crippen MR) is 81.1 cm³/mol. The van der Waals surface area contributed by atoms with Crippen molar-refractivity contribution < 1.29 is 19.1 Å². The molecule has 0 spiro atoms. The average molecular weight is 381 g/mol. The van der Waals surface area contributed by atoms with Gasteiger partial charge < -0.3 is 14.2 Å². The fourth-order valence-corrected chi connectivity index (χ4v) is 2.93. The van der Waals surface area contributed by atoms with E-state index in [0.29, 0.717) is 29.9 Å². The van der Waals surface area contributed by atoms with Gasteiger partial charge in [-0.05, 0) is 22.0 Å². The van der Waals surface area contributed by atoms with Gasteiger partial charge in [0.25, 0.3) is 5.69 Å². The lowest BCUT2D eigenvalue weighted by molar-refractivity contribution is -0.385. The molecule has 0 aromatic heterocycles. The minimum atomic E-state index is -0.464. The monoisotopic (exact) mass is 379 g/mol. The Morgan fingerprint density at radius 2 is 2.24 bits per heavy atom. The van der Waals surface area contributed by atoms with Crippen LogP contribution in [-0.4, -0.2) is 42.8 Å². The standard InChI is InChI=1S/C13H15BrClNO5/c1-19-5-6-20-13-8(15)7-11(13)21-10-4-2-3-9(12(10)14)16(17)18/h2-4,8,11,13H,5-7H2,1H3. The second-order valence-electron chi connectivity index (χ2n) is 4.58. The van der Waals surface area contributed by atoms with E-state index in [1.807, 2.05) is 0 Å². The van der Waals surface area contributed by atoms with Gasteiger partial charge in [-0.2, -0.15) is 0 Å². The maximum atomic E-state index is 10.9. The largest absolute Gasteiger partial charge is 0.486 e. The highest BCUT2D eigenvalue weighted by Crippen LogP contribution is 2.38. The third-order valence-electron chi connectivity index (χ3n) is 3.20. The van der Waals surface area contributed by atoms with Gasteiger partial charge in [0.05, 0.1) is 23.5 Å². The number of nitrogens with zero attached hydrogens (tertiary/aromatic N) is 1. The number of ether oxygens (including phenoxy) is 3. The van der Waals surface area contributed by atoms with Crippen LogP contribution in [0.2, 0.25) is 0 Å². The summed E-state index contributed by atoms with van der Waals surface area (Å²) in [6.07, 6.45) is 0.171. The minimum Gasteiger partial charge on any atom is -0.486 e. The molecule has 0 heterocycles. The molecule has 0 bridgehead atoms. The van der Waals surface area contributed by atoms with Gasteiger partial charge in [-0.25, -0.2) is 0 Å². The molecule has 2 rings (SSSR count). The maximum absolute atomic E-state index is 10.9. The summed E-state index contributed by atoms with van der Waals surface area (Å²) in [5.41, 5.74) is -0.0360. The smallest absolute Gasteiger partial charge is 0.287 e. The van der Waals surface area contributed by atoms with Crippen LogP contribution in [0.5, 0.6) is 5.75 Å². The van der Waals surface area contributed by atoms with Crippen LogP contribution in [0.25, 0.3) is 0 Å². The first kappa shape index (κ1) is 16.5. The molecule has 0 saturated heterocycles. The second-order valence-corrected chi connectivity index (χ2v) is 5.94. The Morgan fingerprint density at radius 3 is 2.86 bits per heavy atom. The fourth-order valence-electron chi connectivity index (χ4n) is 2.02. The number of hydrogen-bond acceptors (Lipinski definition) is 5. The molecule has 21 heavy (non-hydrogen) atoms. The average Bonchev–Trinajstić information content (AvgIpc) is 2.44. The first-order chi connectivity index (χ1) is 10.0. The van der Waals surface area contributed by atoms with E-state index in [0.717, 1.165) is 0 Å². The fraction of sp³-hybridized carbons (Fsp3) is 0.538. The van der Waals surface area contributed by atoms with Gasteiger partial charge >= 0.3 is 0 Å². The summed E-state index contributed by atoms with van der Waals surface area (Å²) in [6, 6.07) is 4.66. The highest BCUT2D eigenvalue weighted by atomic mass is 79.9. The van der Waals surface area contributed by atoms with E-state index in [-0.39, 0.29) is 23.3 Å². The van der Waals surface area contributed by atoms with Gasteiger partial charge in [-0.1, -0.05) is 6.07 Å². The van der Waals surface area contributed by atoms with Gasteiger partial charge in [0, 0.05) is 19.6 Å². The molecule has 1 aromatic rings. The number of methoxy groups -OCH3 is 1. The summed E-state index contributed by atoms with van der Waals surface area (Å²) in [6.45, 7) is 0.910. The minimum absolute atomic E-state index is 0.0360. The quantitative estimate of drug-likeness (QED) is 0.314. The Labute approximate surface area is 135 Å². The van der Waals surface area contributed by atoms with Crippen molar-refractivity contribution in [3.8, 4) is 5.75 Å². The maximum Gasteiger partial charge on any atom is 0.287 e. The van der Waals surface area contributed by atoms with Crippen molar-refractivity contribution in [3.05, 3.63) is 32.8 Å². The molecule has 0 N–H and O–H groups in total. The van der Waals surface area contributed by atoms with Crippen LogP contribution in [0, 0.1) is 10.1 Å². The summed E-state index contributed by atoms with van der Waals surface area (Å²) >= 11 is 9.31. The molecule has 3 atom stereocenters. The zero-order valence-corrected chi connectivity index (χ0v) is 13.7. The van der Waals surface area contributed by atoms with Crippen LogP contribution in [0.3, 0.4) is 0 Å². The molecule has 1 aromatic carbocycles. The zero-order valence-electron chi connectivity index (χ0n) is 11.3.